The van der Waals surface area contributed by atoms with Gasteiger partial charge in [0.15, 0.2) is 5.78 Å². The van der Waals surface area contributed by atoms with E-state index in [1.807, 2.05) is 12.1 Å². The first-order chi connectivity index (χ1) is 7.74. The van der Waals surface area contributed by atoms with Crippen LogP contribution in [0.25, 0.3) is 9.88 Å². The van der Waals surface area contributed by atoms with Crippen molar-refractivity contribution >= 4 is 40.1 Å². The molecule has 2 aromatic heterocycles. The number of ketones is 1. The lowest BCUT2D eigenvalue weighted by atomic mass is 10.0. The van der Waals surface area contributed by atoms with E-state index in [0.29, 0.717) is 12.1 Å². The van der Waals surface area contributed by atoms with Crippen molar-refractivity contribution in [3.05, 3.63) is 27.0 Å². The van der Waals surface area contributed by atoms with Gasteiger partial charge in [-0.3, -0.25) is 4.79 Å². The van der Waals surface area contributed by atoms with Crippen LogP contribution in [0.4, 0.5) is 0 Å². The molecular weight excluding hydrogens is 262 g/mol. The van der Waals surface area contributed by atoms with E-state index in [0.717, 1.165) is 31.9 Å². The Kier molecular flexibility index (Phi) is 2.58. The Morgan fingerprint density at radius 1 is 1.25 bits per heavy atom. The molecule has 0 radical (unpaired) electrons. The normalized spacial score (nSPS) is 15.2. The largest absolute Gasteiger partial charge is 0.292 e. The molecule has 0 atom stereocenters. The van der Waals surface area contributed by atoms with E-state index < -0.39 is 0 Å². The van der Waals surface area contributed by atoms with Gasteiger partial charge in [0.05, 0.1) is 9.21 Å². The van der Waals surface area contributed by atoms with E-state index in [1.165, 1.54) is 11.3 Å². The number of fused-ring (bicyclic) bond motifs is 1. The van der Waals surface area contributed by atoms with Gasteiger partial charge in [0.2, 0.25) is 0 Å². The number of Topliss-reactive ketones (excluding diaryl/α,β-unsaturated/α-hetero) is 1. The SMILES string of the molecule is O=C1CCCc2sc(-c3ccc(Cl)s3)nc21. The molecule has 1 aliphatic rings. The minimum Gasteiger partial charge on any atom is -0.292 e. The van der Waals surface area contributed by atoms with Crippen LogP contribution in [-0.4, -0.2) is 10.8 Å². The predicted octanol–water partition coefficient (Wildman–Crippen LogP) is 4.04. The fraction of sp³-hybridized carbons (Fsp3) is 0.273. The van der Waals surface area contributed by atoms with Crippen molar-refractivity contribution in [2.24, 2.45) is 0 Å². The third-order valence-electron chi connectivity index (χ3n) is 2.55. The molecule has 0 spiro atoms. The number of hydrogen-bond donors (Lipinski definition) is 0. The third kappa shape index (κ3) is 1.71. The average molecular weight is 270 g/mol. The Hall–Kier alpha value is -0.710. The Bertz CT molecular complexity index is 558. The summed E-state index contributed by atoms with van der Waals surface area (Å²) in [4.78, 5) is 18.3. The number of nitrogens with zero attached hydrogens (tertiary/aromatic N) is 1. The number of aromatic nitrogens is 1. The lowest BCUT2D eigenvalue weighted by Gasteiger charge is -2.06. The Labute approximate surface area is 106 Å². The monoisotopic (exact) mass is 269 g/mol. The standard InChI is InChI=1S/C11H8ClNOS2/c12-9-5-4-8(15-9)11-13-10-6(14)2-1-3-7(10)16-11/h4-5H,1-3H2. The van der Waals surface area contributed by atoms with Gasteiger partial charge in [0.1, 0.15) is 10.7 Å². The van der Waals surface area contributed by atoms with E-state index in [4.69, 9.17) is 11.6 Å². The number of thiazole rings is 1. The summed E-state index contributed by atoms with van der Waals surface area (Å²) in [6.45, 7) is 0. The van der Waals surface area contributed by atoms with E-state index in [9.17, 15) is 4.79 Å². The van der Waals surface area contributed by atoms with Gasteiger partial charge in [-0.25, -0.2) is 4.98 Å². The van der Waals surface area contributed by atoms with Crippen molar-refractivity contribution in [2.45, 2.75) is 19.3 Å². The van der Waals surface area contributed by atoms with E-state index in [-0.39, 0.29) is 5.78 Å². The second-order valence-corrected chi connectivity index (χ2v) is 6.47. The molecule has 2 nitrogen and oxygen atoms in total. The molecule has 0 aromatic carbocycles. The number of aryl methyl sites for hydroxylation is 1. The number of rotatable bonds is 1. The van der Waals surface area contributed by atoms with Gasteiger partial charge in [-0.05, 0) is 25.0 Å². The molecule has 0 N–H and O–H groups in total. The highest BCUT2D eigenvalue weighted by Crippen LogP contribution is 2.37. The Balaban J connectivity index is 2.07. The smallest absolute Gasteiger partial charge is 0.182 e. The molecule has 5 heteroatoms. The number of halogens is 1. The zero-order valence-electron chi connectivity index (χ0n) is 8.33. The molecule has 0 unspecified atom stereocenters. The average Bonchev–Trinajstić information content (AvgIpc) is 2.84. The number of hydrogen-bond acceptors (Lipinski definition) is 4. The van der Waals surface area contributed by atoms with Crippen molar-refractivity contribution in [1.82, 2.24) is 4.98 Å². The molecule has 0 fully saturated rings. The number of thiophene rings is 1. The van der Waals surface area contributed by atoms with Crippen molar-refractivity contribution in [3.8, 4) is 9.88 Å². The quantitative estimate of drug-likeness (QED) is 0.782. The first-order valence-electron chi connectivity index (χ1n) is 5.02. The zero-order chi connectivity index (χ0) is 11.1. The Morgan fingerprint density at radius 2 is 2.12 bits per heavy atom. The highest BCUT2D eigenvalue weighted by Gasteiger charge is 2.22. The lowest BCUT2D eigenvalue weighted by molar-refractivity contribution is 0.0968. The van der Waals surface area contributed by atoms with Crippen molar-refractivity contribution in [3.63, 3.8) is 0 Å². The molecule has 82 valence electrons. The molecule has 0 amide bonds. The topological polar surface area (TPSA) is 30.0 Å². The summed E-state index contributed by atoms with van der Waals surface area (Å²) in [5.74, 6) is 0.186. The van der Waals surface area contributed by atoms with Gasteiger partial charge in [-0.1, -0.05) is 11.6 Å². The third-order valence-corrected chi connectivity index (χ3v) is 5.07. The zero-order valence-corrected chi connectivity index (χ0v) is 10.7. The highest BCUT2D eigenvalue weighted by molar-refractivity contribution is 7.24. The van der Waals surface area contributed by atoms with Gasteiger partial charge in [-0.15, -0.1) is 22.7 Å². The second kappa shape index (κ2) is 3.95. The van der Waals surface area contributed by atoms with E-state index in [1.54, 1.807) is 11.3 Å². The van der Waals surface area contributed by atoms with Crippen LogP contribution in [0.15, 0.2) is 12.1 Å². The molecular formula is C11H8ClNOS2. The summed E-state index contributed by atoms with van der Waals surface area (Å²) in [5.41, 5.74) is 0.691. The van der Waals surface area contributed by atoms with Gasteiger partial charge in [0, 0.05) is 11.3 Å². The Morgan fingerprint density at radius 3 is 2.81 bits per heavy atom. The molecule has 0 saturated carbocycles. The van der Waals surface area contributed by atoms with Crippen LogP contribution in [0.1, 0.15) is 28.2 Å². The fourth-order valence-electron chi connectivity index (χ4n) is 1.80. The molecule has 3 rings (SSSR count). The molecule has 2 heterocycles. The lowest BCUT2D eigenvalue weighted by Crippen LogP contribution is -2.08. The summed E-state index contributed by atoms with van der Waals surface area (Å²) in [5, 5.41) is 0.928. The van der Waals surface area contributed by atoms with Crippen LogP contribution in [-0.2, 0) is 6.42 Å². The van der Waals surface area contributed by atoms with Crippen LogP contribution in [0.2, 0.25) is 4.34 Å². The number of carbonyl (C=O) groups excluding carboxylic acids is 1. The van der Waals surface area contributed by atoms with Crippen LogP contribution in [0.3, 0.4) is 0 Å². The van der Waals surface area contributed by atoms with Crippen LogP contribution in [0.5, 0.6) is 0 Å². The van der Waals surface area contributed by atoms with Gasteiger partial charge < -0.3 is 0 Å². The summed E-state index contributed by atoms with van der Waals surface area (Å²) >= 11 is 9.03. The maximum Gasteiger partial charge on any atom is 0.182 e. The first kappa shape index (κ1) is 10.4. The molecule has 0 saturated heterocycles. The predicted molar refractivity (Wildman–Crippen MR) is 67.7 cm³/mol. The van der Waals surface area contributed by atoms with Crippen LogP contribution < -0.4 is 0 Å². The molecule has 1 aliphatic carbocycles. The van der Waals surface area contributed by atoms with Gasteiger partial charge in [-0.2, -0.15) is 0 Å². The van der Waals surface area contributed by atoms with Crippen LogP contribution in [0, 0.1) is 0 Å². The fourth-order valence-corrected chi connectivity index (χ4v) is 4.02. The minimum atomic E-state index is 0.186. The van der Waals surface area contributed by atoms with E-state index in [2.05, 4.69) is 4.98 Å². The van der Waals surface area contributed by atoms with Crippen molar-refractivity contribution in [2.75, 3.05) is 0 Å². The van der Waals surface area contributed by atoms with Crippen LogP contribution >= 0.6 is 34.3 Å². The molecule has 16 heavy (non-hydrogen) atoms. The molecule has 2 aromatic rings. The summed E-state index contributed by atoms with van der Waals surface area (Å²) in [7, 11) is 0. The maximum absolute atomic E-state index is 11.7. The van der Waals surface area contributed by atoms with Gasteiger partial charge >= 0.3 is 0 Å². The van der Waals surface area contributed by atoms with E-state index >= 15 is 0 Å². The minimum absolute atomic E-state index is 0.186. The summed E-state index contributed by atoms with van der Waals surface area (Å²) < 4.78 is 0.759. The molecule has 0 bridgehead atoms. The van der Waals surface area contributed by atoms with Crippen molar-refractivity contribution in [1.29, 1.82) is 0 Å². The van der Waals surface area contributed by atoms with Gasteiger partial charge in [0.25, 0.3) is 0 Å². The highest BCUT2D eigenvalue weighted by atomic mass is 35.5. The summed E-state index contributed by atoms with van der Waals surface area (Å²) in [6, 6.07) is 3.82. The first-order valence-corrected chi connectivity index (χ1v) is 7.04. The maximum atomic E-state index is 11.7. The summed E-state index contributed by atoms with van der Waals surface area (Å²) in [6.07, 6.45) is 2.58. The number of carbonyl (C=O) groups is 1. The second-order valence-electron chi connectivity index (χ2n) is 3.67. The molecule has 0 aliphatic heterocycles. The van der Waals surface area contributed by atoms with Crippen molar-refractivity contribution < 1.29 is 4.79 Å².